The minimum atomic E-state index is -0.996. The molecule has 0 unspecified atom stereocenters. The maximum Gasteiger partial charge on any atom is 0.305 e. The highest BCUT2D eigenvalue weighted by atomic mass is 16.4. The number of carbonyl (C=O) groups excluding carboxylic acids is 2. The Labute approximate surface area is 109 Å². The zero-order chi connectivity index (χ0) is 13.6. The van der Waals surface area contributed by atoms with Gasteiger partial charge in [0.25, 0.3) is 11.8 Å². The standard InChI is InChI=1S/C13H12N2O4/c16-9(17)7-13(4-2-5-13)15-11(18)8-3-1-6-14-10(8)12(15)19/h1,3,6H,2,4-5,7H2,(H,16,17). The van der Waals surface area contributed by atoms with Gasteiger partial charge in [0.05, 0.1) is 17.5 Å². The smallest absolute Gasteiger partial charge is 0.305 e. The molecule has 19 heavy (non-hydrogen) atoms. The molecule has 1 aliphatic carbocycles. The molecule has 1 saturated carbocycles. The average Bonchev–Trinajstić information content (AvgIpc) is 2.58. The van der Waals surface area contributed by atoms with Crippen molar-refractivity contribution in [2.24, 2.45) is 0 Å². The van der Waals surface area contributed by atoms with Crippen LogP contribution < -0.4 is 0 Å². The van der Waals surface area contributed by atoms with Gasteiger partial charge in [0.15, 0.2) is 0 Å². The molecule has 1 N–H and O–H groups in total. The van der Waals surface area contributed by atoms with Crippen LogP contribution in [0.3, 0.4) is 0 Å². The van der Waals surface area contributed by atoms with Gasteiger partial charge in [0.1, 0.15) is 5.69 Å². The Hall–Kier alpha value is -2.24. The van der Waals surface area contributed by atoms with Crippen LogP contribution in [0.4, 0.5) is 0 Å². The SMILES string of the molecule is O=C(O)CC1(N2C(=O)c3cccnc3C2=O)CCC1. The normalized spacial score (nSPS) is 20.1. The van der Waals surface area contributed by atoms with Crippen molar-refractivity contribution in [3.8, 4) is 0 Å². The number of carbonyl (C=O) groups is 3. The van der Waals surface area contributed by atoms with Gasteiger partial charge in [-0.2, -0.15) is 0 Å². The lowest BCUT2D eigenvalue weighted by Crippen LogP contribution is -2.57. The Morgan fingerprint density at radius 1 is 1.37 bits per heavy atom. The minimum absolute atomic E-state index is 0.129. The van der Waals surface area contributed by atoms with E-state index in [0.29, 0.717) is 12.8 Å². The van der Waals surface area contributed by atoms with E-state index in [1.807, 2.05) is 0 Å². The number of rotatable bonds is 3. The van der Waals surface area contributed by atoms with Crippen molar-refractivity contribution >= 4 is 17.8 Å². The summed E-state index contributed by atoms with van der Waals surface area (Å²) in [4.78, 5) is 40.6. The highest BCUT2D eigenvalue weighted by Gasteiger charge is 2.53. The summed E-state index contributed by atoms with van der Waals surface area (Å²) < 4.78 is 0. The molecule has 6 heteroatoms. The second kappa shape index (κ2) is 3.88. The van der Waals surface area contributed by atoms with Gasteiger partial charge in [-0.15, -0.1) is 0 Å². The molecule has 0 spiro atoms. The Morgan fingerprint density at radius 2 is 2.11 bits per heavy atom. The van der Waals surface area contributed by atoms with E-state index in [1.165, 1.54) is 6.20 Å². The monoisotopic (exact) mass is 260 g/mol. The second-order valence-corrected chi connectivity index (χ2v) is 4.99. The Bertz CT molecular complexity index is 557. The van der Waals surface area contributed by atoms with Crippen LogP contribution in [0.2, 0.25) is 0 Å². The van der Waals surface area contributed by atoms with Gasteiger partial charge in [-0.1, -0.05) is 0 Å². The zero-order valence-electron chi connectivity index (χ0n) is 10.1. The second-order valence-electron chi connectivity index (χ2n) is 4.99. The third kappa shape index (κ3) is 1.56. The van der Waals surface area contributed by atoms with Crippen molar-refractivity contribution < 1.29 is 19.5 Å². The quantitative estimate of drug-likeness (QED) is 0.821. The number of aromatic nitrogens is 1. The van der Waals surface area contributed by atoms with E-state index in [9.17, 15) is 14.4 Å². The average molecular weight is 260 g/mol. The molecule has 6 nitrogen and oxygen atoms in total. The molecule has 0 saturated heterocycles. The van der Waals surface area contributed by atoms with Crippen molar-refractivity contribution in [1.29, 1.82) is 0 Å². The van der Waals surface area contributed by atoms with Gasteiger partial charge in [-0.25, -0.2) is 0 Å². The number of aliphatic carboxylic acids is 1. The van der Waals surface area contributed by atoms with Crippen molar-refractivity contribution in [2.75, 3.05) is 0 Å². The Morgan fingerprint density at radius 3 is 2.63 bits per heavy atom. The molecule has 2 amide bonds. The van der Waals surface area contributed by atoms with Crippen molar-refractivity contribution in [3.05, 3.63) is 29.6 Å². The van der Waals surface area contributed by atoms with Crippen LogP contribution >= 0.6 is 0 Å². The molecule has 0 atom stereocenters. The van der Waals surface area contributed by atoms with E-state index < -0.39 is 23.3 Å². The van der Waals surface area contributed by atoms with Crippen molar-refractivity contribution in [1.82, 2.24) is 9.88 Å². The summed E-state index contributed by atoms with van der Waals surface area (Å²) in [6.45, 7) is 0. The molecule has 98 valence electrons. The molecular formula is C13H12N2O4. The third-order valence-electron chi connectivity index (χ3n) is 3.89. The summed E-state index contributed by atoms with van der Waals surface area (Å²) in [5, 5.41) is 9.00. The van der Waals surface area contributed by atoms with Crippen LogP contribution in [0.25, 0.3) is 0 Å². The van der Waals surface area contributed by atoms with Crippen LogP contribution in [0, 0.1) is 0 Å². The lowest BCUT2D eigenvalue weighted by molar-refractivity contribution is -0.141. The molecule has 2 aliphatic rings. The van der Waals surface area contributed by atoms with Gasteiger partial charge < -0.3 is 5.11 Å². The first-order chi connectivity index (χ1) is 9.05. The number of fused-ring (bicyclic) bond motifs is 1. The van der Waals surface area contributed by atoms with Crippen molar-refractivity contribution in [3.63, 3.8) is 0 Å². The minimum Gasteiger partial charge on any atom is -0.481 e. The van der Waals surface area contributed by atoms with Gasteiger partial charge in [0.2, 0.25) is 0 Å². The summed E-state index contributed by atoms with van der Waals surface area (Å²) in [5.74, 6) is -1.89. The fourth-order valence-corrected chi connectivity index (χ4v) is 2.84. The first kappa shape index (κ1) is 11.8. The van der Waals surface area contributed by atoms with Crippen LogP contribution in [-0.4, -0.2) is 38.3 Å². The first-order valence-electron chi connectivity index (χ1n) is 6.11. The lowest BCUT2D eigenvalue weighted by atomic mass is 9.73. The molecule has 0 radical (unpaired) electrons. The zero-order valence-corrected chi connectivity index (χ0v) is 10.1. The number of nitrogens with zero attached hydrogens (tertiary/aromatic N) is 2. The van der Waals surface area contributed by atoms with Crippen LogP contribution in [0.5, 0.6) is 0 Å². The molecule has 1 aromatic rings. The molecule has 1 aliphatic heterocycles. The molecule has 1 fully saturated rings. The first-order valence-corrected chi connectivity index (χ1v) is 6.11. The predicted octanol–water partition coefficient (Wildman–Crippen LogP) is 1.08. The van der Waals surface area contributed by atoms with Crippen molar-refractivity contribution in [2.45, 2.75) is 31.2 Å². The fraction of sp³-hybridized carbons (Fsp3) is 0.385. The van der Waals surface area contributed by atoms with E-state index in [4.69, 9.17) is 5.11 Å². The summed E-state index contributed by atoms with van der Waals surface area (Å²) in [7, 11) is 0. The highest BCUT2D eigenvalue weighted by molar-refractivity contribution is 6.21. The number of pyridine rings is 1. The molecule has 3 rings (SSSR count). The number of carboxylic acid groups (broad SMARTS) is 1. The highest BCUT2D eigenvalue weighted by Crippen LogP contribution is 2.44. The Balaban J connectivity index is 2.01. The van der Waals surface area contributed by atoms with Crippen LogP contribution in [-0.2, 0) is 4.79 Å². The molecular weight excluding hydrogens is 248 g/mol. The maximum atomic E-state index is 12.3. The van der Waals surface area contributed by atoms with E-state index in [2.05, 4.69) is 4.98 Å². The number of imide groups is 1. The van der Waals surface area contributed by atoms with E-state index in [-0.39, 0.29) is 17.7 Å². The maximum absolute atomic E-state index is 12.3. The summed E-state index contributed by atoms with van der Waals surface area (Å²) in [6.07, 6.45) is 3.18. The molecule has 0 aromatic carbocycles. The van der Waals surface area contributed by atoms with E-state index >= 15 is 0 Å². The Kier molecular flexibility index (Phi) is 2.41. The third-order valence-corrected chi connectivity index (χ3v) is 3.89. The number of hydrogen-bond acceptors (Lipinski definition) is 4. The van der Waals surface area contributed by atoms with Gasteiger partial charge >= 0.3 is 5.97 Å². The summed E-state index contributed by atoms with van der Waals surface area (Å²) in [6, 6.07) is 3.15. The van der Waals surface area contributed by atoms with Crippen LogP contribution in [0.1, 0.15) is 46.5 Å². The van der Waals surface area contributed by atoms with Gasteiger partial charge in [-0.3, -0.25) is 24.3 Å². The fourth-order valence-electron chi connectivity index (χ4n) is 2.84. The summed E-state index contributed by atoms with van der Waals surface area (Å²) >= 11 is 0. The van der Waals surface area contributed by atoms with Gasteiger partial charge in [0, 0.05) is 6.20 Å². The van der Waals surface area contributed by atoms with Crippen LogP contribution in [0.15, 0.2) is 18.3 Å². The largest absolute Gasteiger partial charge is 0.481 e. The molecule has 2 heterocycles. The summed E-state index contributed by atoms with van der Waals surface area (Å²) in [5.41, 5.74) is -0.464. The molecule has 0 bridgehead atoms. The lowest BCUT2D eigenvalue weighted by Gasteiger charge is -2.46. The molecule has 1 aromatic heterocycles. The van der Waals surface area contributed by atoms with E-state index in [0.717, 1.165) is 11.3 Å². The number of hydrogen-bond donors (Lipinski definition) is 1. The predicted molar refractivity (Wildman–Crippen MR) is 63.6 cm³/mol. The number of amides is 2. The van der Waals surface area contributed by atoms with E-state index in [1.54, 1.807) is 12.1 Å². The topological polar surface area (TPSA) is 87.6 Å². The van der Waals surface area contributed by atoms with Gasteiger partial charge in [-0.05, 0) is 31.4 Å². The number of carboxylic acids is 1.